The molecule has 0 bridgehead atoms. The summed E-state index contributed by atoms with van der Waals surface area (Å²) in [4.78, 5) is 16.7. The maximum atomic E-state index is 12.5. The lowest BCUT2D eigenvalue weighted by Crippen LogP contribution is -2.37. The molecule has 1 atom stereocenters. The number of benzene rings is 1. The molecule has 4 heteroatoms. The third kappa shape index (κ3) is 3.96. The second-order valence-electron chi connectivity index (χ2n) is 6.26. The topological polar surface area (TPSA) is 62.2 Å². The molecule has 1 unspecified atom stereocenters. The van der Waals surface area contributed by atoms with Gasteiger partial charge in [0.15, 0.2) is 0 Å². The van der Waals surface area contributed by atoms with Gasteiger partial charge in [0.05, 0.1) is 5.56 Å². The monoisotopic (exact) mass is 310 g/mol. The first-order valence-corrected chi connectivity index (χ1v) is 8.11. The minimum atomic E-state index is -0.114. The Hall–Kier alpha value is -2.20. The number of carbonyl (C=O) groups is 1. The van der Waals surface area contributed by atoms with Gasteiger partial charge in [-0.15, -0.1) is 0 Å². The van der Waals surface area contributed by atoms with Crippen LogP contribution in [0.2, 0.25) is 0 Å². The Labute approximate surface area is 136 Å². The van der Waals surface area contributed by atoms with Gasteiger partial charge in [-0.05, 0) is 43.7 Å². The number of pyridine rings is 1. The van der Waals surface area contributed by atoms with Gasteiger partial charge < -0.3 is 10.4 Å². The average molecular weight is 310 g/mol. The van der Waals surface area contributed by atoms with E-state index in [2.05, 4.69) is 16.4 Å². The van der Waals surface area contributed by atoms with Crippen molar-refractivity contribution in [1.29, 1.82) is 0 Å². The van der Waals surface area contributed by atoms with Crippen molar-refractivity contribution in [1.82, 2.24) is 10.3 Å². The van der Waals surface area contributed by atoms with E-state index in [1.807, 2.05) is 31.2 Å². The van der Waals surface area contributed by atoms with E-state index < -0.39 is 0 Å². The molecule has 1 heterocycles. The highest BCUT2D eigenvalue weighted by atomic mass is 16.3. The van der Waals surface area contributed by atoms with E-state index in [1.165, 1.54) is 5.56 Å². The molecule has 1 aliphatic rings. The SMILES string of the molecule is Cc1cccc(-c2cncc(C(=O)NC(CCO)C3CC3)c2)c1. The van der Waals surface area contributed by atoms with Crippen LogP contribution in [0.3, 0.4) is 0 Å². The van der Waals surface area contributed by atoms with Crippen LogP contribution >= 0.6 is 0 Å². The fraction of sp³-hybridized carbons (Fsp3) is 0.368. The summed E-state index contributed by atoms with van der Waals surface area (Å²) in [5, 5.41) is 12.2. The van der Waals surface area contributed by atoms with Crippen molar-refractivity contribution in [3.05, 3.63) is 53.9 Å². The number of nitrogens with one attached hydrogen (secondary N) is 1. The lowest BCUT2D eigenvalue weighted by Gasteiger charge is -2.17. The molecule has 1 fully saturated rings. The first-order chi connectivity index (χ1) is 11.2. The number of amides is 1. The van der Waals surface area contributed by atoms with Gasteiger partial charge in [-0.3, -0.25) is 9.78 Å². The number of aliphatic hydroxyl groups excluding tert-OH is 1. The summed E-state index contributed by atoms with van der Waals surface area (Å²) in [6.45, 7) is 2.14. The Balaban J connectivity index is 1.77. The number of hydrogen-bond donors (Lipinski definition) is 2. The molecule has 23 heavy (non-hydrogen) atoms. The Kier molecular flexibility index (Phi) is 4.72. The van der Waals surface area contributed by atoms with Gasteiger partial charge in [0.25, 0.3) is 5.91 Å². The van der Waals surface area contributed by atoms with Gasteiger partial charge in [-0.25, -0.2) is 0 Å². The third-order valence-electron chi connectivity index (χ3n) is 4.30. The van der Waals surface area contributed by atoms with Crippen molar-refractivity contribution in [2.75, 3.05) is 6.61 Å². The molecule has 1 amide bonds. The molecule has 3 rings (SSSR count). The Morgan fingerprint density at radius 2 is 2.13 bits per heavy atom. The number of aromatic nitrogens is 1. The quantitative estimate of drug-likeness (QED) is 0.862. The molecule has 1 saturated carbocycles. The van der Waals surface area contributed by atoms with Gasteiger partial charge in [0.2, 0.25) is 0 Å². The lowest BCUT2D eigenvalue weighted by atomic mass is 10.0. The summed E-state index contributed by atoms with van der Waals surface area (Å²) in [6.07, 6.45) is 6.25. The van der Waals surface area contributed by atoms with Crippen LogP contribution in [-0.4, -0.2) is 28.6 Å². The maximum Gasteiger partial charge on any atom is 0.253 e. The number of aryl methyl sites for hydroxylation is 1. The number of aliphatic hydroxyl groups is 1. The Morgan fingerprint density at radius 3 is 2.83 bits per heavy atom. The van der Waals surface area contributed by atoms with E-state index in [9.17, 15) is 4.79 Å². The first kappa shape index (κ1) is 15.7. The Bertz CT molecular complexity index is 695. The fourth-order valence-corrected chi connectivity index (χ4v) is 2.86. The molecule has 1 aliphatic carbocycles. The van der Waals surface area contributed by atoms with E-state index in [1.54, 1.807) is 12.4 Å². The first-order valence-electron chi connectivity index (χ1n) is 8.11. The van der Waals surface area contributed by atoms with Gasteiger partial charge in [0, 0.05) is 30.6 Å². The molecule has 2 aromatic rings. The standard InChI is InChI=1S/C19H22N2O2/c1-13-3-2-4-15(9-13)16-10-17(12-20-11-16)19(23)21-18(7-8-22)14-5-6-14/h2-4,9-12,14,18,22H,5-8H2,1H3,(H,21,23). The molecular weight excluding hydrogens is 288 g/mol. The van der Waals surface area contributed by atoms with E-state index in [0.29, 0.717) is 17.9 Å². The number of rotatable bonds is 6. The summed E-state index contributed by atoms with van der Waals surface area (Å²) in [6, 6.07) is 10.1. The van der Waals surface area contributed by atoms with Crippen molar-refractivity contribution in [3.63, 3.8) is 0 Å². The minimum absolute atomic E-state index is 0.0649. The van der Waals surface area contributed by atoms with Crippen LogP contribution < -0.4 is 5.32 Å². The average Bonchev–Trinajstić information content (AvgIpc) is 3.39. The molecule has 0 saturated heterocycles. The van der Waals surface area contributed by atoms with Crippen LogP contribution in [0.1, 0.15) is 35.2 Å². The summed E-state index contributed by atoms with van der Waals surface area (Å²) in [7, 11) is 0. The molecule has 0 aliphatic heterocycles. The van der Waals surface area contributed by atoms with Crippen LogP contribution in [0.25, 0.3) is 11.1 Å². The van der Waals surface area contributed by atoms with Crippen molar-refractivity contribution in [2.24, 2.45) is 5.92 Å². The predicted molar refractivity (Wildman–Crippen MR) is 90.1 cm³/mol. The van der Waals surface area contributed by atoms with E-state index in [4.69, 9.17) is 5.11 Å². The highest BCUT2D eigenvalue weighted by Crippen LogP contribution is 2.34. The molecule has 4 nitrogen and oxygen atoms in total. The highest BCUT2D eigenvalue weighted by molar-refractivity contribution is 5.95. The van der Waals surface area contributed by atoms with Crippen LogP contribution in [0.4, 0.5) is 0 Å². The van der Waals surface area contributed by atoms with Crippen LogP contribution in [0.15, 0.2) is 42.7 Å². The Morgan fingerprint density at radius 1 is 1.30 bits per heavy atom. The molecule has 2 N–H and O–H groups in total. The lowest BCUT2D eigenvalue weighted by molar-refractivity contribution is 0.0924. The zero-order valence-corrected chi connectivity index (χ0v) is 13.3. The second-order valence-corrected chi connectivity index (χ2v) is 6.26. The van der Waals surface area contributed by atoms with E-state index in [0.717, 1.165) is 24.0 Å². The predicted octanol–water partition coefficient (Wildman–Crippen LogP) is 2.95. The van der Waals surface area contributed by atoms with Crippen molar-refractivity contribution >= 4 is 5.91 Å². The maximum absolute atomic E-state index is 12.5. The van der Waals surface area contributed by atoms with Gasteiger partial charge in [0.1, 0.15) is 0 Å². The fourth-order valence-electron chi connectivity index (χ4n) is 2.86. The summed E-state index contributed by atoms with van der Waals surface area (Å²) in [5.41, 5.74) is 3.73. The molecule has 1 aromatic heterocycles. The summed E-state index contributed by atoms with van der Waals surface area (Å²) in [5.74, 6) is 0.399. The van der Waals surface area contributed by atoms with E-state index in [-0.39, 0.29) is 18.6 Å². The minimum Gasteiger partial charge on any atom is -0.396 e. The third-order valence-corrected chi connectivity index (χ3v) is 4.30. The molecule has 0 radical (unpaired) electrons. The van der Waals surface area contributed by atoms with Gasteiger partial charge >= 0.3 is 0 Å². The highest BCUT2D eigenvalue weighted by Gasteiger charge is 2.32. The summed E-state index contributed by atoms with van der Waals surface area (Å²) < 4.78 is 0. The van der Waals surface area contributed by atoms with Crippen LogP contribution in [-0.2, 0) is 0 Å². The van der Waals surface area contributed by atoms with Gasteiger partial charge in [-0.2, -0.15) is 0 Å². The number of nitrogens with zero attached hydrogens (tertiary/aromatic N) is 1. The normalized spacial score (nSPS) is 15.2. The van der Waals surface area contributed by atoms with Crippen LogP contribution in [0.5, 0.6) is 0 Å². The van der Waals surface area contributed by atoms with Crippen molar-refractivity contribution in [3.8, 4) is 11.1 Å². The second kappa shape index (κ2) is 6.92. The van der Waals surface area contributed by atoms with Crippen molar-refractivity contribution in [2.45, 2.75) is 32.2 Å². The zero-order chi connectivity index (χ0) is 16.2. The molecular formula is C19H22N2O2. The van der Waals surface area contributed by atoms with Gasteiger partial charge in [-0.1, -0.05) is 29.8 Å². The molecule has 1 aromatic carbocycles. The van der Waals surface area contributed by atoms with Crippen LogP contribution in [0, 0.1) is 12.8 Å². The molecule has 120 valence electrons. The number of hydrogen-bond acceptors (Lipinski definition) is 3. The number of carbonyl (C=O) groups excluding carboxylic acids is 1. The van der Waals surface area contributed by atoms with E-state index >= 15 is 0 Å². The zero-order valence-electron chi connectivity index (χ0n) is 13.3. The molecule has 0 spiro atoms. The summed E-state index contributed by atoms with van der Waals surface area (Å²) >= 11 is 0. The largest absolute Gasteiger partial charge is 0.396 e. The van der Waals surface area contributed by atoms with Crippen molar-refractivity contribution < 1.29 is 9.90 Å². The smallest absolute Gasteiger partial charge is 0.253 e.